The Bertz CT molecular complexity index is 279. The number of hydrogen-bond donors (Lipinski definition) is 1. The minimum absolute atomic E-state index is 0.0280. The summed E-state index contributed by atoms with van der Waals surface area (Å²) >= 11 is 0. The van der Waals surface area contributed by atoms with Gasteiger partial charge in [-0.15, -0.1) is 0 Å². The molecule has 0 aromatic rings. The van der Waals surface area contributed by atoms with E-state index in [1.165, 1.54) is 19.3 Å². The van der Waals surface area contributed by atoms with Crippen molar-refractivity contribution in [2.45, 2.75) is 38.3 Å². The number of hydrogen-bond acceptors (Lipinski definition) is 3. The highest BCUT2D eigenvalue weighted by Crippen LogP contribution is 2.14. The molecule has 0 unspecified atom stereocenters. The van der Waals surface area contributed by atoms with Crippen molar-refractivity contribution in [1.29, 1.82) is 0 Å². The van der Waals surface area contributed by atoms with Crippen molar-refractivity contribution >= 4 is 5.91 Å². The molecule has 7 heteroatoms. The van der Waals surface area contributed by atoms with Crippen LogP contribution in [0.25, 0.3) is 0 Å². The van der Waals surface area contributed by atoms with Gasteiger partial charge in [-0.2, -0.15) is 13.2 Å². The van der Waals surface area contributed by atoms with Gasteiger partial charge in [-0.3, -0.25) is 4.79 Å². The van der Waals surface area contributed by atoms with Gasteiger partial charge in [0, 0.05) is 13.0 Å². The van der Waals surface area contributed by atoms with E-state index in [4.69, 9.17) is 0 Å². The number of likely N-dealkylation sites (tertiary alicyclic amines) is 1. The SMILES string of the molecule is O=C(CCOCC(F)(F)F)NCCCN1CCCCC1. The van der Waals surface area contributed by atoms with Gasteiger partial charge in [0.2, 0.25) is 5.91 Å². The number of amides is 1. The average molecular weight is 296 g/mol. The standard InChI is InChI=1S/C13H23F3N2O2/c14-13(15,16)11-20-10-5-12(19)17-6-4-9-18-7-2-1-3-8-18/h1-11H2,(H,17,19). The second-order valence-corrected chi connectivity index (χ2v) is 5.02. The van der Waals surface area contributed by atoms with Crippen molar-refractivity contribution in [3.05, 3.63) is 0 Å². The Morgan fingerprint density at radius 3 is 2.55 bits per heavy atom. The topological polar surface area (TPSA) is 41.6 Å². The first kappa shape index (κ1) is 17.2. The molecule has 1 heterocycles. The van der Waals surface area contributed by atoms with Crippen LogP contribution >= 0.6 is 0 Å². The minimum Gasteiger partial charge on any atom is -0.372 e. The molecule has 1 rings (SSSR count). The molecule has 1 aliphatic heterocycles. The molecular formula is C13H23F3N2O2. The lowest BCUT2D eigenvalue weighted by atomic mass is 10.1. The van der Waals surface area contributed by atoms with E-state index in [-0.39, 0.29) is 18.9 Å². The first-order valence-electron chi connectivity index (χ1n) is 7.11. The maximum absolute atomic E-state index is 11.8. The summed E-state index contributed by atoms with van der Waals surface area (Å²) in [7, 11) is 0. The Labute approximate surface area is 117 Å². The summed E-state index contributed by atoms with van der Waals surface area (Å²) in [6.07, 6.45) is 0.289. The number of nitrogens with zero attached hydrogens (tertiary/aromatic N) is 1. The molecule has 1 fully saturated rings. The summed E-state index contributed by atoms with van der Waals surface area (Å²) < 4.78 is 39.7. The van der Waals surface area contributed by atoms with Gasteiger partial charge in [0.15, 0.2) is 0 Å². The van der Waals surface area contributed by atoms with Crippen LogP contribution < -0.4 is 5.32 Å². The largest absolute Gasteiger partial charge is 0.411 e. The van der Waals surface area contributed by atoms with Crippen molar-refractivity contribution in [1.82, 2.24) is 10.2 Å². The van der Waals surface area contributed by atoms with E-state index in [0.717, 1.165) is 26.1 Å². The van der Waals surface area contributed by atoms with E-state index >= 15 is 0 Å². The number of piperidine rings is 1. The van der Waals surface area contributed by atoms with Crippen LogP contribution in [0.1, 0.15) is 32.1 Å². The monoisotopic (exact) mass is 296 g/mol. The van der Waals surface area contributed by atoms with Crippen molar-refractivity contribution < 1.29 is 22.7 Å². The van der Waals surface area contributed by atoms with Crippen molar-refractivity contribution in [2.24, 2.45) is 0 Å². The average Bonchev–Trinajstić information content (AvgIpc) is 2.40. The second-order valence-electron chi connectivity index (χ2n) is 5.02. The fraction of sp³-hybridized carbons (Fsp3) is 0.923. The Morgan fingerprint density at radius 1 is 1.20 bits per heavy atom. The minimum atomic E-state index is -4.33. The number of ether oxygens (including phenoxy) is 1. The summed E-state index contributed by atoms with van der Waals surface area (Å²) in [5.74, 6) is -0.259. The van der Waals surface area contributed by atoms with E-state index in [1.807, 2.05) is 0 Å². The highest BCUT2D eigenvalue weighted by Gasteiger charge is 2.27. The molecule has 0 aromatic carbocycles. The molecule has 1 saturated heterocycles. The van der Waals surface area contributed by atoms with Crippen LogP contribution in [0, 0.1) is 0 Å². The first-order chi connectivity index (χ1) is 9.47. The van der Waals surface area contributed by atoms with Crippen LogP contribution in [-0.2, 0) is 9.53 Å². The van der Waals surface area contributed by atoms with Gasteiger partial charge in [0.25, 0.3) is 0 Å². The molecule has 0 atom stereocenters. The van der Waals surface area contributed by atoms with Gasteiger partial charge < -0.3 is 15.0 Å². The molecule has 20 heavy (non-hydrogen) atoms. The Balaban J connectivity index is 1.92. The van der Waals surface area contributed by atoms with Crippen LogP contribution in [0.5, 0.6) is 0 Å². The molecule has 0 radical (unpaired) electrons. The molecule has 1 N–H and O–H groups in total. The fourth-order valence-corrected chi connectivity index (χ4v) is 2.15. The molecule has 0 bridgehead atoms. The quantitative estimate of drug-likeness (QED) is 0.696. The van der Waals surface area contributed by atoms with Gasteiger partial charge in [-0.25, -0.2) is 0 Å². The highest BCUT2D eigenvalue weighted by molar-refractivity contribution is 5.75. The maximum Gasteiger partial charge on any atom is 0.411 e. The van der Waals surface area contributed by atoms with Crippen LogP contribution in [0.2, 0.25) is 0 Å². The lowest BCUT2D eigenvalue weighted by Gasteiger charge is -2.26. The smallest absolute Gasteiger partial charge is 0.372 e. The Morgan fingerprint density at radius 2 is 1.90 bits per heavy atom. The third-order valence-corrected chi connectivity index (χ3v) is 3.16. The second kappa shape index (κ2) is 9.18. The van der Waals surface area contributed by atoms with Crippen LogP contribution in [-0.4, -0.2) is 56.4 Å². The Kier molecular flexibility index (Phi) is 7.91. The third-order valence-electron chi connectivity index (χ3n) is 3.16. The maximum atomic E-state index is 11.8. The molecular weight excluding hydrogens is 273 g/mol. The third kappa shape index (κ3) is 9.14. The molecule has 118 valence electrons. The number of rotatable bonds is 8. The lowest BCUT2D eigenvalue weighted by Crippen LogP contribution is -2.33. The zero-order valence-corrected chi connectivity index (χ0v) is 11.7. The fourth-order valence-electron chi connectivity index (χ4n) is 2.15. The van der Waals surface area contributed by atoms with Crippen LogP contribution in [0.3, 0.4) is 0 Å². The number of carbonyl (C=O) groups is 1. The normalized spacial score (nSPS) is 17.1. The van der Waals surface area contributed by atoms with Gasteiger partial charge >= 0.3 is 6.18 Å². The number of alkyl halides is 3. The van der Waals surface area contributed by atoms with E-state index < -0.39 is 12.8 Å². The van der Waals surface area contributed by atoms with Gasteiger partial charge in [-0.1, -0.05) is 6.42 Å². The van der Waals surface area contributed by atoms with Crippen molar-refractivity contribution in [3.8, 4) is 0 Å². The first-order valence-corrected chi connectivity index (χ1v) is 7.11. The predicted molar refractivity (Wildman–Crippen MR) is 69.4 cm³/mol. The van der Waals surface area contributed by atoms with Gasteiger partial charge in [-0.05, 0) is 38.9 Å². The summed E-state index contributed by atoms with van der Waals surface area (Å²) in [4.78, 5) is 13.7. The molecule has 4 nitrogen and oxygen atoms in total. The number of carbonyl (C=O) groups excluding carboxylic acids is 1. The molecule has 1 amide bonds. The lowest BCUT2D eigenvalue weighted by molar-refractivity contribution is -0.174. The van der Waals surface area contributed by atoms with Gasteiger partial charge in [0.1, 0.15) is 6.61 Å². The Hall–Kier alpha value is -0.820. The molecule has 1 aliphatic rings. The summed E-state index contributed by atoms with van der Waals surface area (Å²) in [6.45, 7) is 2.28. The van der Waals surface area contributed by atoms with Crippen LogP contribution in [0.4, 0.5) is 13.2 Å². The van der Waals surface area contributed by atoms with Crippen LogP contribution in [0.15, 0.2) is 0 Å². The molecule has 0 saturated carbocycles. The van der Waals surface area contributed by atoms with Gasteiger partial charge in [0.05, 0.1) is 6.61 Å². The van der Waals surface area contributed by atoms with E-state index in [1.54, 1.807) is 0 Å². The predicted octanol–water partition coefficient (Wildman–Crippen LogP) is 1.95. The van der Waals surface area contributed by atoms with E-state index in [0.29, 0.717) is 6.54 Å². The molecule has 0 aromatic heterocycles. The van der Waals surface area contributed by atoms with E-state index in [9.17, 15) is 18.0 Å². The zero-order chi connectivity index (χ0) is 14.8. The van der Waals surface area contributed by atoms with E-state index in [2.05, 4.69) is 15.0 Å². The summed E-state index contributed by atoms with van der Waals surface area (Å²) in [5, 5.41) is 2.69. The zero-order valence-electron chi connectivity index (χ0n) is 11.7. The molecule has 0 aliphatic carbocycles. The number of halogens is 3. The summed E-state index contributed by atoms with van der Waals surface area (Å²) in [6, 6.07) is 0. The van der Waals surface area contributed by atoms with Crippen molar-refractivity contribution in [3.63, 3.8) is 0 Å². The summed E-state index contributed by atoms with van der Waals surface area (Å²) in [5.41, 5.74) is 0. The molecule has 0 spiro atoms. The number of nitrogens with one attached hydrogen (secondary N) is 1. The van der Waals surface area contributed by atoms with Crippen molar-refractivity contribution in [2.75, 3.05) is 39.4 Å². The highest BCUT2D eigenvalue weighted by atomic mass is 19.4.